The lowest BCUT2D eigenvalue weighted by molar-refractivity contribution is -0.139. The van der Waals surface area contributed by atoms with Crippen molar-refractivity contribution >= 4 is 17.5 Å². The number of para-hydroxylation sites is 2. The molecule has 1 aromatic carbocycles. The van der Waals surface area contributed by atoms with Crippen molar-refractivity contribution in [3.63, 3.8) is 0 Å². The number of rotatable bonds is 3. The second kappa shape index (κ2) is 5.15. The summed E-state index contributed by atoms with van der Waals surface area (Å²) < 4.78 is 5.29. The molecule has 2 aliphatic rings. The van der Waals surface area contributed by atoms with Crippen molar-refractivity contribution in [2.75, 3.05) is 31.6 Å². The van der Waals surface area contributed by atoms with Gasteiger partial charge in [-0.3, -0.25) is 9.59 Å². The minimum atomic E-state index is -0.215. The van der Waals surface area contributed by atoms with E-state index in [0.717, 1.165) is 25.2 Å². The second-order valence-corrected chi connectivity index (χ2v) is 5.26. The van der Waals surface area contributed by atoms with Crippen molar-refractivity contribution in [3.8, 4) is 5.75 Å². The summed E-state index contributed by atoms with van der Waals surface area (Å²) in [5.74, 6) is 0.556. The molecule has 20 heavy (non-hydrogen) atoms. The van der Waals surface area contributed by atoms with Gasteiger partial charge in [-0.15, -0.1) is 0 Å². The summed E-state index contributed by atoms with van der Waals surface area (Å²) in [5.41, 5.74) is 0.749. The third-order valence-corrected chi connectivity index (χ3v) is 4.02. The number of carbonyl (C=O) groups is 2. The molecule has 1 aromatic rings. The molecule has 0 saturated carbocycles. The molecule has 0 radical (unpaired) electrons. The summed E-state index contributed by atoms with van der Waals surface area (Å²) >= 11 is 0. The summed E-state index contributed by atoms with van der Waals surface area (Å²) in [6, 6.07) is 7.42. The number of benzene rings is 1. The van der Waals surface area contributed by atoms with E-state index in [-0.39, 0.29) is 17.7 Å². The third-order valence-electron chi connectivity index (χ3n) is 4.02. The van der Waals surface area contributed by atoms with Gasteiger partial charge in [0, 0.05) is 26.1 Å². The first-order valence-corrected chi connectivity index (χ1v) is 6.93. The molecule has 5 nitrogen and oxygen atoms in total. The number of nitrogens with zero attached hydrogens (tertiary/aromatic N) is 2. The Balaban J connectivity index is 1.78. The van der Waals surface area contributed by atoms with Crippen LogP contribution in [-0.4, -0.2) is 43.5 Å². The van der Waals surface area contributed by atoms with Crippen LogP contribution in [0.15, 0.2) is 24.3 Å². The van der Waals surface area contributed by atoms with E-state index in [4.69, 9.17) is 4.74 Å². The van der Waals surface area contributed by atoms with Crippen LogP contribution in [0.5, 0.6) is 5.75 Å². The summed E-state index contributed by atoms with van der Waals surface area (Å²) in [4.78, 5) is 27.9. The molecule has 3 rings (SSSR count). The van der Waals surface area contributed by atoms with E-state index in [1.165, 1.54) is 0 Å². The van der Waals surface area contributed by atoms with Crippen LogP contribution in [0.4, 0.5) is 5.69 Å². The number of carbonyl (C=O) groups excluding carboxylic acids is 2. The van der Waals surface area contributed by atoms with Gasteiger partial charge < -0.3 is 14.5 Å². The zero-order valence-electron chi connectivity index (χ0n) is 11.5. The largest absolute Gasteiger partial charge is 0.495 e. The number of methoxy groups -OCH3 is 1. The van der Waals surface area contributed by atoms with Crippen LogP contribution < -0.4 is 9.64 Å². The van der Waals surface area contributed by atoms with Crippen molar-refractivity contribution in [3.05, 3.63) is 24.3 Å². The molecule has 0 N–H and O–H groups in total. The SMILES string of the molecule is COc1ccccc1N1C[C@H](C(=O)N2CCC2)CC1=O. The molecule has 0 bridgehead atoms. The Bertz CT molecular complexity index is 540. The van der Waals surface area contributed by atoms with Crippen LogP contribution in [0.1, 0.15) is 12.8 Å². The summed E-state index contributed by atoms with van der Waals surface area (Å²) in [5, 5.41) is 0. The van der Waals surface area contributed by atoms with Crippen molar-refractivity contribution in [1.29, 1.82) is 0 Å². The van der Waals surface area contributed by atoms with E-state index >= 15 is 0 Å². The Morgan fingerprint density at radius 2 is 2.05 bits per heavy atom. The van der Waals surface area contributed by atoms with E-state index in [2.05, 4.69) is 0 Å². The number of likely N-dealkylation sites (tertiary alicyclic amines) is 1. The maximum Gasteiger partial charge on any atom is 0.228 e. The molecule has 2 aliphatic heterocycles. The van der Waals surface area contributed by atoms with Crippen LogP contribution in [0.25, 0.3) is 0 Å². The Kier molecular flexibility index (Phi) is 3.34. The third kappa shape index (κ3) is 2.13. The summed E-state index contributed by atoms with van der Waals surface area (Å²) in [6.07, 6.45) is 1.37. The highest BCUT2D eigenvalue weighted by molar-refractivity contribution is 6.01. The number of ether oxygens (including phenoxy) is 1. The van der Waals surface area contributed by atoms with E-state index in [0.29, 0.717) is 18.7 Å². The fourth-order valence-corrected chi connectivity index (χ4v) is 2.75. The van der Waals surface area contributed by atoms with Gasteiger partial charge in [-0.25, -0.2) is 0 Å². The first-order valence-electron chi connectivity index (χ1n) is 6.93. The van der Waals surface area contributed by atoms with Crippen LogP contribution in [-0.2, 0) is 9.59 Å². The Morgan fingerprint density at radius 3 is 2.70 bits per heavy atom. The molecule has 0 aromatic heterocycles. The van der Waals surface area contributed by atoms with Crippen LogP contribution in [0, 0.1) is 5.92 Å². The zero-order chi connectivity index (χ0) is 14.1. The number of amides is 2. The number of hydrogen-bond acceptors (Lipinski definition) is 3. The number of hydrogen-bond donors (Lipinski definition) is 0. The van der Waals surface area contributed by atoms with Gasteiger partial charge in [-0.1, -0.05) is 12.1 Å². The second-order valence-electron chi connectivity index (χ2n) is 5.26. The maximum absolute atomic E-state index is 12.2. The first kappa shape index (κ1) is 13.0. The van der Waals surface area contributed by atoms with E-state index in [1.807, 2.05) is 29.2 Å². The van der Waals surface area contributed by atoms with Gasteiger partial charge in [0.2, 0.25) is 11.8 Å². The molecule has 0 spiro atoms. The fourth-order valence-electron chi connectivity index (χ4n) is 2.75. The van der Waals surface area contributed by atoms with Gasteiger partial charge >= 0.3 is 0 Å². The zero-order valence-corrected chi connectivity index (χ0v) is 11.5. The van der Waals surface area contributed by atoms with Gasteiger partial charge in [-0.2, -0.15) is 0 Å². The minimum absolute atomic E-state index is 0.00614. The molecule has 0 aliphatic carbocycles. The molecule has 2 heterocycles. The highest BCUT2D eigenvalue weighted by Crippen LogP contribution is 2.33. The average Bonchev–Trinajstić information content (AvgIpc) is 2.78. The predicted octanol–water partition coefficient (Wildman–Crippen LogP) is 1.28. The van der Waals surface area contributed by atoms with Gasteiger partial charge in [0.15, 0.2) is 0 Å². The molecule has 2 fully saturated rings. The Morgan fingerprint density at radius 1 is 1.30 bits per heavy atom. The molecule has 5 heteroatoms. The van der Waals surface area contributed by atoms with Crippen LogP contribution in [0.3, 0.4) is 0 Å². The molecular weight excluding hydrogens is 256 g/mol. The van der Waals surface area contributed by atoms with Gasteiger partial charge in [0.1, 0.15) is 5.75 Å². The standard InChI is InChI=1S/C15H18N2O3/c1-20-13-6-3-2-5-12(13)17-10-11(9-14(17)18)15(19)16-7-4-8-16/h2-3,5-6,11H,4,7-10H2,1H3/t11-/m1/s1. The van der Waals surface area contributed by atoms with Crippen molar-refractivity contribution in [2.24, 2.45) is 5.92 Å². The van der Waals surface area contributed by atoms with Crippen molar-refractivity contribution in [2.45, 2.75) is 12.8 Å². The fraction of sp³-hybridized carbons (Fsp3) is 0.467. The molecular formula is C15H18N2O3. The predicted molar refractivity (Wildman–Crippen MR) is 74.7 cm³/mol. The Labute approximate surface area is 118 Å². The van der Waals surface area contributed by atoms with E-state index in [1.54, 1.807) is 12.0 Å². The molecule has 2 saturated heterocycles. The van der Waals surface area contributed by atoms with E-state index in [9.17, 15) is 9.59 Å². The average molecular weight is 274 g/mol. The van der Waals surface area contributed by atoms with Gasteiger partial charge in [0.05, 0.1) is 18.7 Å². The quantitative estimate of drug-likeness (QED) is 0.834. The van der Waals surface area contributed by atoms with Crippen molar-refractivity contribution < 1.29 is 14.3 Å². The van der Waals surface area contributed by atoms with Gasteiger partial charge in [-0.05, 0) is 18.6 Å². The lowest BCUT2D eigenvalue weighted by atomic mass is 10.0. The van der Waals surface area contributed by atoms with Crippen molar-refractivity contribution in [1.82, 2.24) is 4.90 Å². The normalized spacial score (nSPS) is 21.9. The monoisotopic (exact) mass is 274 g/mol. The number of anilines is 1. The lowest BCUT2D eigenvalue weighted by Crippen LogP contribution is -2.45. The van der Waals surface area contributed by atoms with Gasteiger partial charge in [0.25, 0.3) is 0 Å². The molecule has 2 amide bonds. The smallest absolute Gasteiger partial charge is 0.228 e. The highest BCUT2D eigenvalue weighted by atomic mass is 16.5. The molecule has 106 valence electrons. The maximum atomic E-state index is 12.2. The highest BCUT2D eigenvalue weighted by Gasteiger charge is 2.39. The summed E-state index contributed by atoms with van der Waals surface area (Å²) in [7, 11) is 1.59. The van der Waals surface area contributed by atoms with Crippen LogP contribution >= 0.6 is 0 Å². The topological polar surface area (TPSA) is 49.9 Å². The van der Waals surface area contributed by atoms with Crippen LogP contribution in [0.2, 0.25) is 0 Å². The molecule has 1 atom stereocenters. The lowest BCUT2D eigenvalue weighted by Gasteiger charge is -2.33. The summed E-state index contributed by atoms with van der Waals surface area (Å²) in [6.45, 7) is 2.12. The van der Waals surface area contributed by atoms with E-state index < -0.39 is 0 Å². The Hall–Kier alpha value is -2.04. The molecule has 0 unspecified atom stereocenters. The minimum Gasteiger partial charge on any atom is -0.495 e. The first-order chi connectivity index (χ1) is 9.70.